The van der Waals surface area contributed by atoms with Gasteiger partial charge < -0.3 is 0 Å². The maximum atomic E-state index is 4.16. The van der Waals surface area contributed by atoms with Crippen LogP contribution in [0.5, 0.6) is 0 Å². The van der Waals surface area contributed by atoms with Gasteiger partial charge in [0, 0.05) is 0 Å². The summed E-state index contributed by atoms with van der Waals surface area (Å²) in [7, 11) is 2.05. The third kappa shape index (κ3) is 3.49. The third-order valence-corrected chi connectivity index (χ3v) is 1.69. The Morgan fingerprint density at radius 3 is 2.90 bits per heavy atom. The Balaban J connectivity index is 0.000000810. The zero-order valence-corrected chi connectivity index (χ0v) is 7.06. The van der Waals surface area contributed by atoms with Gasteiger partial charge in [0.2, 0.25) is 0 Å². The van der Waals surface area contributed by atoms with Crippen molar-refractivity contribution in [2.45, 2.75) is 32.6 Å². The van der Waals surface area contributed by atoms with Crippen molar-refractivity contribution in [2.24, 2.45) is 4.90 Å². The molecular weight excluding hydrogens is 116 g/mol. The van der Waals surface area contributed by atoms with Crippen molar-refractivity contribution in [1.29, 1.82) is 0 Å². The standard InChI is InChI=1S/C7H13BN.Li/c1-2-3-4-7-5-6-9-8-7;/h2-6H2,1H3;/q-1;+1. The molecule has 0 radical (unpaired) electrons. The minimum atomic E-state index is 0. The van der Waals surface area contributed by atoms with Crippen LogP contribution in [0.25, 0.3) is 0 Å². The zero-order valence-electron chi connectivity index (χ0n) is 7.06. The molecule has 1 heterocycles. The molecule has 0 aromatic heterocycles. The van der Waals surface area contributed by atoms with E-state index in [1.807, 2.05) is 0 Å². The number of nitrogens with zero attached hydrogens (tertiary/aromatic N) is 1. The zero-order chi connectivity index (χ0) is 6.53. The summed E-state index contributed by atoms with van der Waals surface area (Å²) in [6.45, 7) is 3.27. The quantitative estimate of drug-likeness (QED) is 0.342. The maximum absolute atomic E-state index is 4.16. The van der Waals surface area contributed by atoms with Crippen LogP contribution in [0.4, 0.5) is 0 Å². The van der Waals surface area contributed by atoms with Gasteiger partial charge in [-0.25, -0.2) is 0 Å². The van der Waals surface area contributed by atoms with Crippen LogP contribution in [-0.2, 0) is 0 Å². The van der Waals surface area contributed by atoms with Crippen LogP contribution in [-0.4, -0.2) is 13.6 Å². The van der Waals surface area contributed by atoms with Gasteiger partial charge in [0.05, 0.1) is 0 Å². The van der Waals surface area contributed by atoms with Gasteiger partial charge in [-0.3, -0.25) is 0 Å². The molecule has 3 heteroatoms. The summed E-state index contributed by atoms with van der Waals surface area (Å²) in [5.74, 6) is 1.55. The van der Waals surface area contributed by atoms with E-state index in [0.29, 0.717) is 0 Å². The molecule has 0 atom stereocenters. The molecule has 0 N–H and O–H groups in total. The van der Waals surface area contributed by atoms with Crippen LogP contribution in [0.15, 0.2) is 4.90 Å². The first kappa shape index (κ1) is 10.3. The van der Waals surface area contributed by atoms with E-state index in [1.54, 1.807) is 5.82 Å². The van der Waals surface area contributed by atoms with Crippen LogP contribution < -0.4 is 18.9 Å². The summed E-state index contributed by atoms with van der Waals surface area (Å²) in [6.07, 6.45) is 5.14. The number of rotatable bonds is 3. The summed E-state index contributed by atoms with van der Waals surface area (Å²) in [4.78, 5) is 4.16. The molecule has 0 amide bonds. The Morgan fingerprint density at radius 1 is 1.60 bits per heavy atom. The van der Waals surface area contributed by atoms with Crippen molar-refractivity contribution in [3.05, 3.63) is 5.82 Å². The van der Waals surface area contributed by atoms with Crippen molar-refractivity contribution in [2.75, 3.05) is 6.54 Å². The van der Waals surface area contributed by atoms with E-state index in [2.05, 4.69) is 18.9 Å². The molecule has 0 aromatic rings. The maximum Gasteiger partial charge on any atom is 1.00 e. The molecule has 0 saturated heterocycles. The Bertz CT molecular complexity index is 106. The minimum absolute atomic E-state index is 0. The molecule has 10 heavy (non-hydrogen) atoms. The Kier molecular flexibility index (Phi) is 6.27. The van der Waals surface area contributed by atoms with Crippen LogP contribution in [0.2, 0.25) is 0 Å². The van der Waals surface area contributed by atoms with Gasteiger partial charge in [-0.2, -0.15) is 0 Å². The van der Waals surface area contributed by atoms with Crippen LogP contribution in [0.3, 0.4) is 0 Å². The predicted octanol–water partition coefficient (Wildman–Crippen LogP) is -0.996. The SMILES string of the molecule is CCCC[C-]1B=NCC1.[Li+]. The Hall–Kier alpha value is 0.332. The largest absolute Gasteiger partial charge is 1.00 e. The average molecular weight is 129 g/mol. The van der Waals surface area contributed by atoms with Crippen molar-refractivity contribution in [3.8, 4) is 0 Å². The molecular formula is C7H13BLiN. The van der Waals surface area contributed by atoms with Gasteiger partial charge >= 0.3 is 75.8 Å². The Labute approximate surface area is 76.1 Å². The molecule has 0 aliphatic carbocycles. The van der Waals surface area contributed by atoms with E-state index in [1.165, 1.54) is 25.7 Å². The van der Waals surface area contributed by atoms with E-state index in [0.717, 1.165) is 6.54 Å². The second kappa shape index (κ2) is 6.07. The summed E-state index contributed by atoms with van der Waals surface area (Å²) >= 11 is 0. The van der Waals surface area contributed by atoms with Crippen molar-refractivity contribution < 1.29 is 18.9 Å². The summed E-state index contributed by atoms with van der Waals surface area (Å²) in [5, 5.41) is 0. The molecule has 0 fully saturated rings. The summed E-state index contributed by atoms with van der Waals surface area (Å²) in [6, 6.07) is 0. The first-order valence-electron chi connectivity index (χ1n) is 3.78. The molecule has 1 aliphatic heterocycles. The fourth-order valence-corrected chi connectivity index (χ4v) is 1.06. The van der Waals surface area contributed by atoms with E-state index < -0.39 is 0 Å². The number of hydrogen-bond donors (Lipinski definition) is 0. The Morgan fingerprint density at radius 2 is 2.40 bits per heavy atom. The van der Waals surface area contributed by atoms with Crippen LogP contribution in [0, 0.1) is 5.82 Å². The van der Waals surface area contributed by atoms with E-state index in [-0.39, 0.29) is 18.9 Å². The van der Waals surface area contributed by atoms with Gasteiger partial charge in [-0.1, -0.05) is 0 Å². The molecule has 1 nitrogen and oxygen atoms in total. The van der Waals surface area contributed by atoms with Gasteiger partial charge in [0.25, 0.3) is 0 Å². The monoisotopic (exact) mass is 129 g/mol. The molecule has 0 unspecified atom stereocenters. The molecule has 0 saturated carbocycles. The van der Waals surface area contributed by atoms with Gasteiger partial charge in [-0.05, 0) is 0 Å². The first-order valence-corrected chi connectivity index (χ1v) is 3.78. The first-order chi connectivity index (χ1) is 4.43. The van der Waals surface area contributed by atoms with E-state index in [4.69, 9.17) is 0 Å². The number of unbranched alkanes of at least 4 members (excludes halogenated alkanes) is 1. The van der Waals surface area contributed by atoms with Crippen molar-refractivity contribution in [1.82, 2.24) is 0 Å². The van der Waals surface area contributed by atoms with Gasteiger partial charge in [0.15, 0.2) is 0 Å². The summed E-state index contributed by atoms with van der Waals surface area (Å²) in [5.41, 5.74) is 0. The third-order valence-electron chi connectivity index (χ3n) is 1.69. The number of hydrogen-bond acceptors (Lipinski definition) is 1. The molecule has 0 spiro atoms. The molecule has 0 aromatic carbocycles. The average Bonchev–Trinajstić information content (AvgIpc) is 2.34. The minimum Gasteiger partial charge on any atom is 1.00 e. The van der Waals surface area contributed by atoms with Crippen molar-refractivity contribution in [3.63, 3.8) is 0 Å². The topological polar surface area (TPSA) is 12.4 Å². The van der Waals surface area contributed by atoms with E-state index in [9.17, 15) is 0 Å². The van der Waals surface area contributed by atoms with Crippen molar-refractivity contribution >= 4 is 7.07 Å². The van der Waals surface area contributed by atoms with Crippen LogP contribution >= 0.6 is 0 Å². The molecule has 50 valence electrons. The normalized spacial score (nSPS) is 14.7. The van der Waals surface area contributed by atoms with Gasteiger partial charge in [0.1, 0.15) is 0 Å². The molecule has 1 rings (SSSR count). The molecule has 1 aliphatic rings. The fourth-order valence-electron chi connectivity index (χ4n) is 1.06. The second-order valence-corrected chi connectivity index (χ2v) is 2.55. The smallest absolute Gasteiger partial charge is 1.00 e. The second-order valence-electron chi connectivity index (χ2n) is 2.55. The fraction of sp³-hybridized carbons (Fsp3) is 0.857. The van der Waals surface area contributed by atoms with Crippen LogP contribution in [0.1, 0.15) is 32.6 Å². The molecule has 0 bridgehead atoms. The van der Waals surface area contributed by atoms with E-state index >= 15 is 0 Å². The van der Waals surface area contributed by atoms with Gasteiger partial charge in [-0.15, -0.1) is 0 Å². The summed E-state index contributed by atoms with van der Waals surface area (Å²) < 4.78 is 0. The predicted molar refractivity (Wildman–Crippen MR) is 40.4 cm³/mol.